The minimum atomic E-state index is -1.34. The van der Waals surface area contributed by atoms with Gasteiger partial charge in [-0.2, -0.15) is 0 Å². The predicted molar refractivity (Wildman–Crippen MR) is 117 cm³/mol. The molecule has 30 heavy (non-hydrogen) atoms. The second-order valence-electron chi connectivity index (χ2n) is 8.12. The Balaban J connectivity index is 1.61. The fourth-order valence-corrected chi connectivity index (χ4v) is 4.03. The summed E-state index contributed by atoms with van der Waals surface area (Å²) in [5.74, 6) is 0.647. The van der Waals surface area contributed by atoms with Crippen molar-refractivity contribution in [2.45, 2.75) is 38.1 Å². The van der Waals surface area contributed by atoms with E-state index in [1.807, 2.05) is 72.8 Å². The maximum atomic E-state index is 12.7. The second kappa shape index (κ2) is 8.82. The van der Waals surface area contributed by atoms with Crippen LogP contribution in [-0.4, -0.2) is 27.9 Å². The molecule has 0 spiro atoms. The Bertz CT molecular complexity index is 985. The van der Waals surface area contributed by atoms with Gasteiger partial charge in [-0.25, -0.2) is 0 Å². The van der Waals surface area contributed by atoms with E-state index in [0.29, 0.717) is 19.7 Å². The van der Waals surface area contributed by atoms with Crippen LogP contribution >= 0.6 is 0 Å². The average Bonchev–Trinajstić information content (AvgIpc) is 2.76. The van der Waals surface area contributed by atoms with Gasteiger partial charge in [-0.1, -0.05) is 78.9 Å². The molecule has 1 N–H and O–H groups in total. The lowest BCUT2D eigenvalue weighted by atomic mass is 9.85. The standard InChI is InChI=1S/C26H27NO3/c1-26(29)19-27(17-20-10-4-2-5-11-20)23(16-25(26)28)22-14-8-9-15-24(22)30-18-21-12-6-3-7-13-21/h2-15,23,29H,16-19H2,1H3. The van der Waals surface area contributed by atoms with Crippen molar-refractivity contribution in [3.63, 3.8) is 0 Å². The van der Waals surface area contributed by atoms with E-state index in [1.54, 1.807) is 6.92 Å². The quantitative estimate of drug-likeness (QED) is 0.659. The number of hydrogen-bond donors (Lipinski definition) is 1. The van der Waals surface area contributed by atoms with E-state index < -0.39 is 5.60 Å². The van der Waals surface area contributed by atoms with Gasteiger partial charge in [-0.15, -0.1) is 0 Å². The van der Waals surface area contributed by atoms with E-state index in [-0.39, 0.29) is 18.2 Å². The van der Waals surface area contributed by atoms with E-state index in [9.17, 15) is 9.90 Å². The van der Waals surface area contributed by atoms with Crippen LogP contribution in [0.5, 0.6) is 5.75 Å². The van der Waals surface area contributed by atoms with Crippen LogP contribution in [0.4, 0.5) is 0 Å². The van der Waals surface area contributed by atoms with Crippen molar-refractivity contribution >= 4 is 5.78 Å². The summed E-state index contributed by atoms with van der Waals surface area (Å²) in [4.78, 5) is 14.9. The number of likely N-dealkylation sites (tertiary alicyclic amines) is 1. The number of nitrogens with zero attached hydrogens (tertiary/aromatic N) is 1. The largest absolute Gasteiger partial charge is 0.489 e. The maximum Gasteiger partial charge on any atom is 0.167 e. The Morgan fingerprint density at radius 1 is 0.933 bits per heavy atom. The lowest BCUT2D eigenvalue weighted by Gasteiger charge is -2.42. The normalized spacial score (nSPS) is 22.1. The van der Waals surface area contributed by atoms with Gasteiger partial charge in [0.1, 0.15) is 18.0 Å². The van der Waals surface area contributed by atoms with E-state index >= 15 is 0 Å². The molecule has 2 atom stereocenters. The molecule has 0 aliphatic carbocycles. The van der Waals surface area contributed by atoms with Crippen LogP contribution in [0.15, 0.2) is 84.9 Å². The first-order chi connectivity index (χ1) is 14.5. The predicted octanol–water partition coefficient (Wildman–Crippen LogP) is 4.53. The summed E-state index contributed by atoms with van der Waals surface area (Å²) in [6, 6.07) is 27.9. The molecule has 1 fully saturated rings. The summed E-state index contributed by atoms with van der Waals surface area (Å²) >= 11 is 0. The topological polar surface area (TPSA) is 49.8 Å². The third-order valence-corrected chi connectivity index (χ3v) is 5.67. The number of carbonyl (C=O) groups is 1. The first-order valence-corrected chi connectivity index (χ1v) is 10.3. The minimum Gasteiger partial charge on any atom is -0.489 e. The summed E-state index contributed by atoms with van der Waals surface area (Å²) in [5, 5.41) is 10.7. The van der Waals surface area contributed by atoms with Crippen LogP contribution in [0.1, 0.15) is 36.1 Å². The van der Waals surface area contributed by atoms with Crippen LogP contribution in [0.2, 0.25) is 0 Å². The van der Waals surface area contributed by atoms with Gasteiger partial charge in [0.25, 0.3) is 0 Å². The summed E-state index contributed by atoms with van der Waals surface area (Å²) in [6.45, 7) is 3.02. The number of para-hydroxylation sites is 1. The molecule has 0 bridgehead atoms. The Morgan fingerprint density at radius 3 is 2.23 bits per heavy atom. The van der Waals surface area contributed by atoms with Crippen LogP contribution in [0.25, 0.3) is 0 Å². The monoisotopic (exact) mass is 401 g/mol. The SMILES string of the molecule is CC1(O)CN(Cc2ccccc2)C(c2ccccc2OCc2ccccc2)CC1=O. The Kier molecular flexibility index (Phi) is 5.98. The van der Waals surface area contributed by atoms with Gasteiger partial charge in [-0.05, 0) is 24.1 Å². The number of ether oxygens (including phenoxy) is 1. The zero-order chi connectivity index (χ0) is 21.0. The number of carbonyl (C=O) groups excluding carboxylic acids is 1. The first-order valence-electron chi connectivity index (χ1n) is 10.3. The molecule has 4 nitrogen and oxygen atoms in total. The maximum absolute atomic E-state index is 12.7. The van der Waals surface area contributed by atoms with Crippen molar-refractivity contribution in [2.75, 3.05) is 6.54 Å². The molecule has 3 aromatic rings. The summed E-state index contributed by atoms with van der Waals surface area (Å²) < 4.78 is 6.16. The highest BCUT2D eigenvalue weighted by atomic mass is 16.5. The highest BCUT2D eigenvalue weighted by Gasteiger charge is 2.42. The number of aliphatic hydroxyl groups is 1. The van der Waals surface area contributed by atoms with Crippen LogP contribution in [0.3, 0.4) is 0 Å². The molecule has 0 saturated carbocycles. The van der Waals surface area contributed by atoms with Crippen LogP contribution in [0, 0.1) is 0 Å². The van der Waals surface area contributed by atoms with Crippen molar-refractivity contribution in [3.05, 3.63) is 102 Å². The molecule has 4 heteroatoms. The molecule has 2 unspecified atom stereocenters. The molecule has 0 amide bonds. The molecule has 1 aliphatic rings. The summed E-state index contributed by atoms with van der Waals surface area (Å²) in [6.07, 6.45) is 0.255. The molecular formula is C26H27NO3. The minimum absolute atomic E-state index is 0.130. The number of piperidine rings is 1. The van der Waals surface area contributed by atoms with E-state index in [1.165, 1.54) is 0 Å². The number of hydrogen-bond acceptors (Lipinski definition) is 4. The smallest absolute Gasteiger partial charge is 0.167 e. The molecule has 3 aromatic carbocycles. The van der Waals surface area contributed by atoms with Gasteiger partial charge >= 0.3 is 0 Å². The molecule has 4 rings (SSSR count). The second-order valence-corrected chi connectivity index (χ2v) is 8.12. The zero-order valence-corrected chi connectivity index (χ0v) is 17.2. The third kappa shape index (κ3) is 4.61. The van der Waals surface area contributed by atoms with Crippen molar-refractivity contribution in [2.24, 2.45) is 0 Å². The summed E-state index contributed by atoms with van der Waals surface area (Å²) in [5.41, 5.74) is 1.88. The van der Waals surface area contributed by atoms with Crippen molar-refractivity contribution in [1.82, 2.24) is 4.90 Å². The van der Waals surface area contributed by atoms with Crippen LogP contribution < -0.4 is 4.74 Å². The van der Waals surface area contributed by atoms with Gasteiger partial charge in [-0.3, -0.25) is 9.69 Å². The van der Waals surface area contributed by atoms with Crippen molar-refractivity contribution < 1.29 is 14.6 Å². The highest BCUT2D eigenvalue weighted by molar-refractivity contribution is 5.88. The molecular weight excluding hydrogens is 374 g/mol. The highest BCUT2D eigenvalue weighted by Crippen LogP contribution is 2.38. The fraction of sp³-hybridized carbons (Fsp3) is 0.269. The number of β-amino-alcohol motifs (C(OH)–C–C–N with tert-alkyl or cyclic N) is 1. The Hall–Kier alpha value is -2.95. The number of rotatable bonds is 6. The number of benzene rings is 3. The van der Waals surface area contributed by atoms with Crippen molar-refractivity contribution in [3.8, 4) is 5.75 Å². The van der Waals surface area contributed by atoms with Gasteiger partial charge in [0.2, 0.25) is 0 Å². The molecule has 154 valence electrons. The Morgan fingerprint density at radius 2 is 1.53 bits per heavy atom. The summed E-state index contributed by atoms with van der Waals surface area (Å²) in [7, 11) is 0. The molecule has 1 saturated heterocycles. The molecule has 0 aromatic heterocycles. The van der Waals surface area contributed by atoms with Gasteiger partial charge in [0.05, 0.1) is 0 Å². The number of ketones is 1. The van der Waals surface area contributed by atoms with E-state index in [4.69, 9.17) is 4.74 Å². The average molecular weight is 402 g/mol. The van der Waals surface area contributed by atoms with E-state index in [2.05, 4.69) is 17.0 Å². The lowest BCUT2D eigenvalue weighted by Crippen LogP contribution is -2.53. The third-order valence-electron chi connectivity index (χ3n) is 5.67. The molecule has 1 aliphatic heterocycles. The van der Waals surface area contributed by atoms with Crippen LogP contribution in [-0.2, 0) is 17.9 Å². The Labute approximate surface area is 177 Å². The van der Waals surface area contributed by atoms with Gasteiger partial charge in [0, 0.05) is 31.1 Å². The van der Waals surface area contributed by atoms with Crippen molar-refractivity contribution in [1.29, 1.82) is 0 Å². The first kappa shape index (κ1) is 20.3. The lowest BCUT2D eigenvalue weighted by molar-refractivity contribution is -0.146. The molecule has 0 radical (unpaired) electrons. The fourth-order valence-electron chi connectivity index (χ4n) is 4.03. The number of Topliss-reactive ketones (excluding diaryl/α,β-unsaturated/α-hetero) is 1. The van der Waals surface area contributed by atoms with Gasteiger partial charge in [0.15, 0.2) is 5.78 Å². The molecule has 1 heterocycles. The van der Waals surface area contributed by atoms with Gasteiger partial charge < -0.3 is 9.84 Å². The van der Waals surface area contributed by atoms with E-state index in [0.717, 1.165) is 22.4 Å². The zero-order valence-electron chi connectivity index (χ0n) is 17.2.